The van der Waals surface area contributed by atoms with Gasteiger partial charge in [0.05, 0.1) is 16.6 Å². The maximum absolute atomic E-state index is 4.96. The van der Waals surface area contributed by atoms with E-state index in [0.717, 1.165) is 21.9 Å². The molecule has 0 spiro atoms. The fraction of sp³-hybridized carbons (Fsp3) is 0. The second kappa shape index (κ2) is 9.24. The predicted molar refractivity (Wildman–Crippen MR) is 150 cm³/mol. The number of nitrogens with zero attached hydrogens (tertiary/aromatic N) is 12. The van der Waals surface area contributed by atoms with E-state index in [2.05, 4.69) is 29.9 Å². The minimum atomic E-state index is 0.358. The normalized spacial score (nSPS) is 11.4. The summed E-state index contributed by atoms with van der Waals surface area (Å²) in [4.78, 5) is 41.9. The highest BCUT2D eigenvalue weighted by Crippen LogP contribution is 2.30. The van der Waals surface area contributed by atoms with Gasteiger partial charge in [-0.3, -0.25) is 33.6 Å². The van der Waals surface area contributed by atoms with E-state index in [1.807, 2.05) is 59.2 Å². The van der Waals surface area contributed by atoms with Crippen LogP contribution in [0.25, 0.3) is 62.8 Å². The molecule has 12 nitrogen and oxygen atoms in total. The molecule has 0 radical (unpaired) electrons. The molecule has 0 aromatic carbocycles. The highest BCUT2D eigenvalue weighted by atomic mass is 15.3. The van der Waals surface area contributed by atoms with Crippen LogP contribution in [0.3, 0.4) is 0 Å². The summed E-state index contributed by atoms with van der Waals surface area (Å²) in [6.45, 7) is 0. The Morgan fingerprint density at radius 3 is 1.76 bits per heavy atom. The summed E-state index contributed by atoms with van der Waals surface area (Å²) >= 11 is 0. The molecular weight excluding hydrogens is 516 g/mol. The van der Waals surface area contributed by atoms with E-state index in [4.69, 9.17) is 15.0 Å². The Balaban J connectivity index is 1.42. The maximum Gasteiger partial charge on any atom is 0.242 e. The topological polar surface area (TPSA) is 131 Å². The monoisotopic (exact) mass is 534 g/mol. The first-order valence-electron chi connectivity index (χ1n) is 12.7. The Morgan fingerprint density at radius 2 is 1.12 bits per heavy atom. The van der Waals surface area contributed by atoms with E-state index in [1.165, 1.54) is 0 Å². The second-order valence-electron chi connectivity index (χ2n) is 9.01. The molecule has 0 fully saturated rings. The van der Waals surface area contributed by atoms with Gasteiger partial charge in [0, 0.05) is 61.2 Å². The minimum Gasteiger partial charge on any atom is -0.276 e. The highest BCUT2D eigenvalue weighted by Gasteiger charge is 2.21. The predicted octanol–water partition coefficient (Wildman–Crippen LogP) is 4.25. The average molecular weight is 535 g/mol. The number of rotatable bonds is 5. The molecule has 0 unspecified atom stereocenters. The lowest BCUT2D eigenvalue weighted by Crippen LogP contribution is -2.14. The molecular formula is C29H18N12. The van der Waals surface area contributed by atoms with E-state index in [0.29, 0.717) is 40.9 Å². The van der Waals surface area contributed by atoms with E-state index >= 15 is 0 Å². The van der Waals surface area contributed by atoms with E-state index in [1.54, 1.807) is 64.9 Å². The molecule has 8 aromatic rings. The summed E-state index contributed by atoms with van der Waals surface area (Å²) in [6, 6.07) is 17.1. The van der Waals surface area contributed by atoms with Gasteiger partial charge in [0.15, 0.2) is 11.6 Å². The van der Waals surface area contributed by atoms with Crippen molar-refractivity contribution in [3.8, 4) is 40.9 Å². The van der Waals surface area contributed by atoms with Crippen molar-refractivity contribution in [3.63, 3.8) is 0 Å². The standard InChI is InChI=1S/C29H18N12/c1-3-10-31-20(6-1)25-34-14-16-39(25)27-36-28(40-17-15-35-26(40)21-7-2-4-11-32-21)38-29(37-27)41-22-9-13-30-18-19(22)24-23(41)8-5-12-33-24/h1-18H. The Morgan fingerprint density at radius 1 is 0.488 bits per heavy atom. The third kappa shape index (κ3) is 3.73. The van der Waals surface area contributed by atoms with Gasteiger partial charge in [0.2, 0.25) is 17.8 Å². The van der Waals surface area contributed by atoms with Crippen molar-refractivity contribution in [2.24, 2.45) is 0 Å². The van der Waals surface area contributed by atoms with Gasteiger partial charge in [-0.05, 0) is 42.5 Å². The third-order valence-electron chi connectivity index (χ3n) is 6.62. The lowest BCUT2D eigenvalue weighted by atomic mass is 10.3. The first-order chi connectivity index (χ1) is 20.3. The Labute approximate surface area is 231 Å². The van der Waals surface area contributed by atoms with Gasteiger partial charge >= 0.3 is 0 Å². The van der Waals surface area contributed by atoms with Crippen LogP contribution >= 0.6 is 0 Å². The number of imidazole rings is 2. The molecule has 8 aromatic heterocycles. The van der Waals surface area contributed by atoms with E-state index in [-0.39, 0.29) is 0 Å². The van der Waals surface area contributed by atoms with Crippen LogP contribution in [-0.4, -0.2) is 58.6 Å². The Bertz CT molecular complexity index is 2010. The molecule has 41 heavy (non-hydrogen) atoms. The molecule has 0 aliphatic heterocycles. The molecule has 8 heterocycles. The van der Waals surface area contributed by atoms with Crippen LogP contribution in [0, 0.1) is 0 Å². The third-order valence-corrected chi connectivity index (χ3v) is 6.62. The summed E-state index contributed by atoms with van der Waals surface area (Å²) in [5.41, 5.74) is 3.87. The first kappa shape index (κ1) is 22.8. The average Bonchev–Trinajstić information content (AvgIpc) is 3.80. The summed E-state index contributed by atoms with van der Waals surface area (Å²) < 4.78 is 5.55. The molecule has 194 valence electrons. The van der Waals surface area contributed by atoms with Gasteiger partial charge in [-0.1, -0.05) is 12.1 Å². The van der Waals surface area contributed by atoms with Crippen molar-refractivity contribution in [3.05, 3.63) is 110 Å². The van der Waals surface area contributed by atoms with Crippen LogP contribution in [0.2, 0.25) is 0 Å². The molecule has 0 saturated carbocycles. The quantitative estimate of drug-likeness (QED) is 0.318. The molecule has 0 aliphatic rings. The van der Waals surface area contributed by atoms with E-state index < -0.39 is 0 Å². The minimum absolute atomic E-state index is 0.358. The fourth-order valence-corrected chi connectivity index (χ4v) is 4.85. The smallest absolute Gasteiger partial charge is 0.242 e. The van der Waals surface area contributed by atoms with Crippen LogP contribution in [0.15, 0.2) is 110 Å². The van der Waals surface area contributed by atoms with Crippen molar-refractivity contribution >= 4 is 21.9 Å². The number of pyridine rings is 4. The van der Waals surface area contributed by atoms with E-state index in [9.17, 15) is 0 Å². The lowest BCUT2D eigenvalue weighted by molar-refractivity contribution is 0.814. The summed E-state index contributed by atoms with van der Waals surface area (Å²) in [5.74, 6) is 2.30. The van der Waals surface area contributed by atoms with Gasteiger partial charge in [-0.25, -0.2) is 9.97 Å². The van der Waals surface area contributed by atoms with Gasteiger partial charge in [0.25, 0.3) is 0 Å². The number of hydrogen-bond acceptors (Lipinski definition) is 9. The Kier molecular flexibility index (Phi) is 5.13. The maximum atomic E-state index is 4.96. The van der Waals surface area contributed by atoms with Crippen LogP contribution in [0.4, 0.5) is 0 Å². The largest absolute Gasteiger partial charge is 0.276 e. The lowest BCUT2D eigenvalue weighted by Gasteiger charge is -2.13. The Hall–Kier alpha value is -6.17. The van der Waals surface area contributed by atoms with Crippen LogP contribution < -0.4 is 0 Å². The van der Waals surface area contributed by atoms with Gasteiger partial charge in [-0.2, -0.15) is 15.0 Å². The zero-order valence-corrected chi connectivity index (χ0v) is 21.3. The number of hydrogen-bond donors (Lipinski definition) is 0. The van der Waals surface area contributed by atoms with Gasteiger partial charge in [0.1, 0.15) is 11.4 Å². The highest BCUT2D eigenvalue weighted by molar-refractivity contribution is 6.06. The molecule has 0 N–H and O–H groups in total. The molecule has 12 heteroatoms. The molecule has 0 aliphatic carbocycles. The molecule has 8 rings (SSSR count). The van der Waals surface area contributed by atoms with Crippen molar-refractivity contribution in [1.82, 2.24) is 58.6 Å². The second-order valence-corrected chi connectivity index (χ2v) is 9.01. The first-order valence-corrected chi connectivity index (χ1v) is 12.7. The fourth-order valence-electron chi connectivity index (χ4n) is 4.85. The zero-order valence-electron chi connectivity index (χ0n) is 21.3. The molecule has 0 bridgehead atoms. The summed E-state index contributed by atoms with van der Waals surface area (Å²) in [6.07, 6.45) is 15.7. The zero-order chi connectivity index (χ0) is 27.2. The van der Waals surface area contributed by atoms with Crippen LogP contribution in [-0.2, 0) is 0 Å². The van der Waals surface area contributed by atoms with Crippen LogP contribution in [0.1, 0.15) is 0 Å². The van der Waals surface area contributed by atoms with Gasteiger partial charge in [-0.15, -0.1) is 0 Å². The molecule has 0 amide bonds. The van der Waals surface area contributed by atoms with Crippen LogP contribution in [0.5, 0.6) is 0 Å². The molecule has 0 saturated heterocycles. The summed E-state index contributed by atoms with van der Waals surface area (Å²) in [5, 5.41) is 0.889. The van der Waals surface area contributed by atoms with Crippen molar-refractivity contribution in [2.75, 3.05) is 0 Å². The van der Waals surface area contributed by atoms with Crippen molar-refractivity contribution in [2.45, 2.75) is 0 Å². The van der Waals surface area contributed by atoms with Gasteiger partial charge < -0.3 is 0 Å². The number of aromatic nitrogens is 12. The summed E-state index contributed by atoms with van der Waals surface area (Å²) in [7, 11) is 0. The van der Waals surface area contributed by atoms with Crippen molar-refractivity contribution < 1.29 is 0 Å². The van der Waals surface area contributed by atoms with Crippen molar-refractivity contribution in [1.29, 1.82) is 0 Å². The SMILES string of the molecule is c1ccc(-c2nccn2-c2nc(-n3ccnc3-c3ccccn3)nc(-n3c4ccncc4c4ncccc43)n2)nc1. The number of fused-ring (bicyclic) bond motifs is 3. The molecule has 0 atom stereocenters.